The zero-order valence-electron chi connectivity index (χ0n) is 6.99. The van der Waals surface area contributed by atoms with Gasteiger partial charge in [-0.05, 0) is 18.9 Å². The summed E-state index contributed by atoms with van der Waals surface area (Å²) in [5.74, 6) is 0.376. The van der Waals surface area contributed by atoms with E-state index in [0.29, 0.717) is 12.5 Å². The standard InChI is InChI=1S/C8H13N3O/c9-3-1-8(12)11-4-2-7(5-10)6-11/h7H,1-2,4-6,10H2. The van der Waals surface area contributed by atoms with Crippen LogP contribution >= 0.6 is 0 Å². The minimum absolute atomic E-state index is 0.00269. The van der Waals surface area contributed by atoms with E-state index in [2.05, 4.69) is 0 Å². The van der Waals surface area contributed by atoms with E-state index in [1.807, 2.05) is 6.07 Å². The molecule has 0 radical (unpaired) electrons. The minimum atomic E-state index is -0.0616. The number of nitriles is 1. The lowest BCUT2D eigenvalue weighted by Gasteiger charge is -2.13. The van der Waals surface area contributed by atoms with Gasteiger partial charge in [0, 0.05) is 13.1 Å². The molecule has 1 aliphatic heterocycles. The fraction of sp³-hybridized carbons (Fsp3) is 0.750. The van der Waals surface area contributed by atoms with Crippen LogP contribution in [0.5, 0.6) is 0 Å². The van der Waals surface area contributed by atoms with Crippen LogP contribution < -0.4 is 5.73 Å². The quantitative estimate of drug-likeness (QED) is 0.614. The normalized spacial score (nSPS) is 22.3. The largest absolute Gasteiger partial charge is 0.341 e. The molecule has 1 heterocycles. The summed E-state index contributed by atoms with van der Waals surface area (Å²) in [6.45, 7) is 2.13. The van der Waals surface area contributed by atoms with Crippen molar-refractivity contribution in [1.29, 1.82) is 5.26 Å². The lowest BCUT2D eigenvalue weighted by molar-refractivity contribution is -0.129. The average Bonchev–Trinajstić information content (AvgIpc) is 2.52. The number of amides is 1. The number of carbonyl (C=O) groups is 1. The lowest BCUT2D eigenvalue weighted by atomic mass is 10.1. The van der Waals surface area contributed by atoms with E-state index < -0.39 is 0 Å². The van der Waals surface area contributed by atoms with Gasteiger partial charge >= 0.3 is 0 Å². The molecule has 12 heavy (non-hydrogen) atoms. The molecule has 1 atom stereocenters. The molecule has 1 unspecified atom stereocenters. The third-order valence-corrected chi connectivity index (χ3v) is 2.20. The van der Waals surface area contributed by atoms with Crippen molar-refractivity contribution in [2.75, 3.05) is 19.6 Å². The van der Waals surface area contributed by atoms with Crippen LogP contribution in [0.25, 0.3) is 0 Å². The van der Waals surface area contributed by atoms with Crippen molar-refractivity contribution in [1.82, 2.24) is 4.90 Å². The average molecular weight is 167 g/mol. The highest BCUT2D eigenvalue weighted by Crippen LogP contribution is 2.15. The molecule has 0 aromatic rings. The van der Waals surface area contributed by atoms with Crippen LogP contribution in [0.4, 0.5) is 0 Å². The van der Waals surface area contributed by atoms with E-state index in [4.69, 9.17) is 11.0 Å². The summed E-state index contributed by atoms with van der Waals surface area (Å²) in [6.07, 6.45) is 0.977. The maximum atomic E-state index is 11.2. The molecule has 0 aromatic heterocycles. The molecular formula is C8H13N3O. The zero-order chi connectivity index (χ0) is 8.97. The second-order valence-corrected chi connectivity index (χ2v) is 3.07. The Labute approximate surface area is 71.9 Å². The van der Waals surface area contributed by atoms with Crippen LogP contribution in [0.1, 0.15) is 12.8 Å². The van der Waals surface area contributed by atoms with Gasteiger partial charge < -0.3 is 10.6 Å². The van der Waals surface area contributed by atoms with Crippen molar-refractivity contribution in [2.45, 2.75) is 12.8 Å². The Hall–Kier alpha value is -1.08. The maximum absolute atomic E-state index is 11.2. The molecule has 1 saturated heterocycles. The lowest BCUT2D eigenvalue weighted by Crippen LogP contribution is -2.29. The van der Waals surface area contributed by atoms with E-state index in [-0.39, 0.29) is 12.3 Å². The summed E-state index contributed by atoms with van der Waals surface area (Å²) >= 11 is 0. The molecule has 0 bridgehead atoms. The van der Waals surface area contributed by atoms with Crippen molar-refractivity contribution < 1.29 is 4.79 Å². The summed E-state index contributed by atoms with van der Waals surface area (Å²) in [6, 6.07) is 1.85. The van der Waals surface area contributed by atoms with Crippen molar-refractivity contribution in [3.05, 3.63) is 0 Å². The molecule has 1 fully saturated rings. The number of likely N-dealkylation sites (tertiary alicyclic amines) is 1. The Bertz CT molecular complexity index is 209. The first-order chi connectivity index (χ1) is 5.77. The molecule has 2 N–H and O–H groups in total. The Kier molecular flexibility index (Phi) is 3.06. The van der Waals surface area contributed by atoms with E-state index in [1.165, 1.54) is 0 Å². The number of nitrogens with two attached hydrogens (primary N) is 1. The summed E-state index contributed by atoms with van der Waals surface area (Å²) < 4.78 is 0. The highest BCUT2D eigenvalue weighted by molar-refractivity contribution is 5.78. The molecule has 0 spiro atoms. The fourth-order valence-corrected chi connectivity index (χ4v) is 1.43. The van der Waals surface area contributed by atoms with Crippen LogP contribution in [0, 0.1) is 17.2 Å². The Morgan fingerprint density at radius 1 is 1.75 bits per heavy atom. The number of hydrogen-bond acceptors (Lipinski definition) is 3. The SMILES string of the molecule is N#CCC(=O)N1CCC(CN)C1. The molecule has 0 aromatic carbocycles. The molecule has 4 heteroatoms. The Balaban J connectivity index is 2.37. The summed E-state index contributed by atoms with van der Waals surface area (Å²) in [4.78, 5) is 12.9. The van der Waals surface area contributed by atoms with E-state index >= 15 is 0 Å². The van der Waals surface area contributed by atoms with Crippen LogP contribution in [0.2, 0.25) is 0 Å². The number of nitrogens with zero attached hydrogens (tertiary/aromatic N) is 2. The summed E-state index contributed by atoms with van der Waals surface area (Å²) in [5.41, 5.74) is 5.47. The van der Waals surface area contributed by atoms with Gasteiger partial charge in [-0.15, -0.1) is 0 Å². The predicted octanol–water partition coefficient (Wildman–Crippen LogP) is -0.293. The summed E-state index contributed by atoms with van der Waals surface area (Å²) in [5, 5.41) is 8.30. The van der Waals surface area contributed by atoms with Gasteiger partial charge in [0.2, 0.25) is 5.91 Å². The van der Waals surface area contributed by atoms with Gasteiger partial charge in [0.1, 0.15) is 6.42 Å². The molecule has 4 nitrogen and oxygen atoms in total. The second kappa shape index (κ2) is 4.07. The Morgan fingerprint density at radius 3 is 3.00 bits per heavy atom. The van der Waals surface area contributed by atoms with Gasteiger partial charge in [-0.1, -0.05) is 0 Å². The molecular weight excluding hydrogens is 154 g/mol. The first-order valence-electron chi connectivity index (χ1n) is 4.12. The van der Waals surface area contributed by atoms with Gasteiger partial charge in [-0.3, -0.25) is 4.79 Å². The van der Waals surface area contributed by atoms with Crippen molar-refractivity contribution >= 4 is 5.91 Å². The van der Waals surface area contributed by atoms with Gasteiger partial charge in [0.05, 0.1) is 6.07 Å². The number of rotatable bonds is 2. The molecule has 1 aliphatic rings. The molecule has 1 rings (SSSR count). The molecule has 0 aliphatic carbocycles. The van der Waals surface area contributed by atoms with E-state index in [9.17, 15) is 4.79 Å². The van der Waals surface area contributed by atoms with E-state index in [1.54, 1.807) is 4.90 Å². The van der Waals surface area contributed by atoms with Crippen LogP contribution in [-0.2, 0) is 4.79 Å². The van der Waals surface area contributed by atoms with Crippen LogP contribution in [-0.4, -0.2) is 30.4 Å². The molecule has 0 saturated carbocycles. The van der Waals surface area contributed by atoms with E-state index in [0.717, 1.165) is 19.5 Å². The van der Waals surface area contributed by atoms with Crippen molar-refractivity contribution in [3.8, 4) is 6.07 Å². The van der Waals surface area contributed by atoms with Crippen LogP contribution in [0.15, 0.2) is 0 Å². The summed E-state index contributed by atoms with van der Waals surface area (Å²) in [7, 11) is 0. The zero-order valence-corrected chi connectivity index (χ0v) is 6.99. The topological polar surface area (TPSA) is 70.1 Å². The predicted molar refractivity (Wildman–Crippen MR) is 44.0 cm³/mol. The van der Waals surface area contributed by atoms with Gasteiger partial charge in [-0.25, -0.2) is 0 Å². The monoisotopic (exact) mass is 167 g/mol. The van der Waals surface area contributed by atoms with Gasteiger partial charge in [0.15, 0.2) is 0 Å². The molecule has 66 valence electrons. The highest BCUT2D eigenvalue weighted by atomic mass is 16.2. The van der Waals surface area contributed by atoms with Crippen molar-refractivity contribution in [3.63, 3.8) is 0 Å². The number of carbonyl (C=O) groups excluding carboxylic acids is 1. The first kappa shape index (κ1) is 9.01. The van der Waals surface area contributed by atoms with Gasteiger partial charge in [-0.2, -0.15) is 5.26 Å². The number of hydrogen-bond donors (Lipinski definition) is 1. The third-order valence-electron chi connectivity index (χ3n) is 2.20. The third kappa shape index (κ3) is 1.95. The molecule has 1 amide bonds. The first-order valence-corrected chi connectivity index (χ1v) is 4.12. The van der Waals surface area contributed by atoms with Gasteiger partial charge in [0.25, 0.3) is 0 Å². The highest BCUT2D eigenvalue weighted by Gasteiger charge is 2.24. The minimum Gasteiger partial charge on any atom is -0.341 e. The fourth-order valence-electron chi connectivity index (χ4n) is 1.43. The van der Waals surface area contributed by atoms with Crippen molar-refractivity contribution in [2.24, 2.45) is 11.7 Å². The smallest absolute Gasteiger partial charge is 0.236 e. The van der Waals surface area contributed by atoms with Crippen LogP contribution in [0.3, 0.4) is 0 Å². The maximum Gasteiger partial charge on any atom is 0.236 e. The Morgan fingerprint density at radius 2 is 2.50 bits per heavy atom. The second-order valence-electron chi connectivity index (χ2n) is 3.07.